The summed E-state index contributed by atoms with van der Waals surface area (Å²) in [6, 6.07) is 4.62. The SMILES string of the molecule is CCCCCCCC/C=C\CCCCCCCC(=O)Nc1ccc(-c2ncn[nH]2)cc1F. The summed E-state index contributed by atoms with van der Waals surface area (Å²) in [5.74, 6) is -0.124. The van der Waals surface area contributed by atoms with E-state index in [1.807, 2.05) is 0 Å². The zero-order valence-electron chi connectivity index (χ0n) is 19.5. The molecule has 0 aliphatic heterocycles. The Morgan fingerprint density at radius 1 is 0.969 bits per heavy atom. The number of allylic oxidation sites excluding steroid dienone is 2. The Morgan fingerprint density at radius 2 is 1.62 bits per heavy atom. The molecule has 1 amide bonds. The van der Waals surface area contributed by atoms with Crippen LogP contribution >= 0.6 is 0 Å². The highest BCUT2D eigenvalue weighted by Gasteiger charge is 2.09. The van der Waals surface area contributed by atoms with E-state index in [1.54, 1.807) is 12.1 Å². The van der Waals surface area contributed by atoms with E-state index in [9.17, 15) is 9.18 Å². The van der Waals surface area contributed by atoms with Gasteiger partial charge in [-0.25, -0.2) is 9.37 Å². The third kappa shape index (κ3) is 10.7. The van der Waals surface area contributed by atoms with Crippen molar-refractivity contribution in [1.82, 2.24) is 15.2 Å². The number of rotatable bonds is 17. The van der Waals surface area contributed by atoms with Gasteiger partial charge in [-0.15, -0.1) is 0 Å². The Bertz CT molecular complexity index is 789. The molecule has 32 heavy (non-hydrogen) atoms. The molecule has 176 valence electrons. The number of H-pyrrole nitrogens is 1. The Hall–Kier alpha value is -2.50. The van der Waals surface area contributed by atoms with Gasteiger partial charge in [0.1, 0.15) is 12.1 Å². The van der Waals surface area contributed by atoms with Gasteiger partial charge in [0.15, 0.2) is 5.82 Å². The van der Waals surface area contributed by atoms with Crippen LogP contribution in [-0.2, 0) is 4.79 Å². The van der Waals surface area contributed by atoms with Gasteiger partial charge in [0, 0.05) is 12.0 Å². The minimum atomic E-state index is -0.475. The van der Waals surface area contributed by atoms with Crippen molar-refractivity contribution < 1.29 is 9.18 Å². The summed E-state index contributed by atoms with van der Waals surface area (Å²) < 4.78 is 14.2. The number of nitrogens with one attached hydrogen (secondary N) is 2. The van der Waals surface area contributed by atoms with E-state index < -0.39 is 5.82 Å². The maximum atomic E-state index is 14.2. The predicted molar refractivity (Wildman–Crippen MR) is 130 cm³/mol. The highest BCUT2D eigenvalue weighted by molar-refractivity contribution is 5.91. The number of anilines is 1. The van der Waals surface area contributed by atoms with Gasteiger partial charge in [0.25, 0.3) is 0 Å². The van der Waals surface area contributed by atoms with Crippen LogP contribution in [0.3, 0.4) is 0 Å². The monoisotopic (exact) mass is 442 g/mol. The number of halogens is 1. The topological polar surface area (TPSA) is 70.7 Å². The molecule has 1 aromatic heterocycles. The van der Waals surface area contributed by atoms with Crippen LogP contribution in [0.5, 0.6) is 0 Å². The fourth-order valence-electron chi connectivity index (χ4n) is 3.68. The number of carbonyl (C=O) groups excluding carboxylic acids is 1. The van der Waals surface area contributed by atoms with Crippen LogP contribution in [-0.4, -0.2) is 21.1 Å². The third-order valence-corrected chi connectivity index (χ3v) is 5.60. The van der Waals surface area contributed by atoms with E-state index in [-0.39, 0.29) is 11.6 Å². The van der Waals surface area contributed by atoms with Crippen molar-refractivity contribution in [2.24, 2.45) is 0 Å². The number of amides is 1. The molecule has 0 saturated carbocycles. The number of carbonyl (C=O) groups is 1. The molecular formula is C26H39FN4O. The van der Waals surface area contributed by atoms with Crippen LogP contribution < -0.4 is 5.32 Å². The van der Waals surface area contributed by atoms with E-state index >= 15 is 0 Å². The summed E-state index contributed by atoms with van der Waals surface area (Å²) in [5, 5.41) is 9.11. The first-order valence-corrected chi connectivity index (χ1v) is 12.3. The van der Waals surface area contributed by atoms with Gasteiger partial charge < -0.3 is 5.32 Å². The number of aromatic nitrogens is 3. The van der Waals surface area contributed by atoms with Crippen LogP contribution in [0.25, 0.3) is 11.4 Å². The quantitative estimate of drug-likeness (QED) is 0.196. The lowest BCUT2D eigenvalue weighted by molar-refractivity contribution is -0.116. The van der Waals surface area contributed by atoms with Crippen molar-refractivity contribution in [2.75, 3.05) is 5.32 Å². The fourth-order valence-corrected chi connectivity index (χ4v) is 3.68. The van der Waals surface area contributed by atoms with Crippen molar-refractivity contribution >= 4 is 11.6 Å². The second-order valence-corrected chi connectivity index (χ2v) is 8.41. The molecule has 1 aromatic carbocycles. The summed E-state index contributed by atoms with van der Waals surface area (Å²) in [6.07, 6.45) is 22.3. The highest BCUT2D eigenvalue weighted by Crippen LogP contribution is 2.21. The average molecular weight is 443 g/mol. The van der Waals surface area contributed by atoms with Crippen molar-refractivity contribution in [3.8, 4) is 11.4 Å². The van der Waals surface area contributed by atoms with Crippen LogP contribution in [0.2, 0.25) is 0 Å². The van der Waals surface area contributed by atoms with Gasteiger partial charge in [0.05, 0.1) is 5.69 Å². The van der Waals surface area contributed by atoms with Crippen molar-refractivity contribution in [2.45, 2.75) is 96.8 Å². The summed E-state index contributed by atoms with van der Waals surface area (Å²) in [4.78, 5) is 16.1. The van der Waals surface area contributed by atoms with Gasteiger partial charge >= 0.3 is 0 Å². The first-order valence-electron chi connectivity index (χ1n) is 12.3. The van der Waals surface area contributed by atoms with Crippen LogP contribution in [0.1, 0.15) is 96.8 Å². The number of hydrogen-bond donors (Lipinski definition) is 2. The molecule has 2 aromatic rings. The summed E-state index contributed by atoms with van der Waals surface area (Å²) in [5.41, 5.74) is 0.793. The predicted octanol–water partition coefficient (Wildman–Crippen LogP) is 7.59. The summed E-state index contributed by atoms with van der Waals surface area (Å²) in [7, 11) is 0. The number of nitrogens with zero attached hydrogens (tertiary/aromatic N) is 2. The molecule has 0 aliphatic rings. The molecule has 0 saturated heterocycles. The molecule has 0 aliphatic carbocycles. The lowest BCUT2D eigenvalue weighted by atomic mass is 10.1. The average Bonchev–Trinajstić information content (AvgIpc) is 3.33. The molecule has 0 unspecified atom stereocenters. The maximum Gasteiger partial charge on any atom is 0.224 e. The minimum Gasteiger partial charge on any atom is -0.324 e. The lowest BCUT2D eigenvalue weighted by Gasteiger charge is -2.07. The molecule has 2 N–H and O–H groups in total. The van der Waals surface area contributed by atoms with Gasteiger partial charge in [-0.3, -0.25) is 9.89 Å². The second kappa shape index (κ2) is 16.2. The van der Waals surface area contributed by atoms with E-state index in [0.717, 1.165) is 25.7 Å². The van der Waals surface area contributed by atoms with Crippen LogP contribution in [0, 0.1) is 5.82 Å². The van der Waals surface area contributed by atoms with Gasteiger partial charge in [-0.2, -0.15) is 5.10 Å². The first-order chi connectivity index (χ1) is 15.7. The molecule has 0 spiro atoms. The molecule has 0 fully saturated rings. The maximum absolute atomic E-state index is 14.2. The van der Waals surface area contributed by atoms with Crippen molar-refractivity contribution in [3.63, 3.8) is 0 Å². The fraction of sp³-hybridized carbons (Fsp3) is 0.577. The van der Waals surface area contributed by atoms with Crippen LogP contribution in [0.4, 0.5) is 10.1 Å². The molecule has 0 bridgehead atoms. The number of benzene rings is 1. The first kappa shape index (κ1) is 25.8. The zero-order valence-corrected chi connectivity index (χ0v) is 19.5. The van der Waals surface area contributed by atoms with E-state index in [4.69, 9.17) is 0 Å². The van der Waals surface area contributed by atoms with Gasteiger partial charge in [-0.1, -0.05) is 70.4 Å². The molecule has 1 heterocycles. The Morgan fingerprint density at radius 3 is 2.25 bits per heavy atom. The summed E-state index contributed by atoms with van der Waals surface area (Å²) >= 11 is 0. The molecular weight excluding hydrogens is 403 g/mol. The Kier molecular flexibility index (Phi) is 13.0. The molecule has 2 rings (SSSR count). The Labute approximate surface area is 192 Å². The summed E-state index contributed by atoms with van der Waals surface area (Å²) in [6.45, 7) is 2.26. The largest absolute Gasteiger partial charge is 0.324 e. The molecule has 0 atom stereocenters. The Balaban J connectivity index is 1.47. The number of aromatic amines is 1. The highest BCUT2D eigenvalue weighted by atomic mass is 19.1. The van der Waals surface area contributed by atoms with E-state index in [2.05, 4.69) is 39.6 Å². The third-order valence-electron chi connectivity index (χ3n) is 5.60. The van der Waals surface area contributed by atoms with Crippen molar-refractivity contribution in [3.05, 3.63) is 42.5 Å². The molecule has 6 heteroatoms. The van der Waals surface area contributed by atoms with Crippen molar-refractivity contribution in [1.29, 1.82) is 0 Å². The molecule has 0 radical (unpaired) electrons. The smallest absolute Gasteiger partial charge is 0.224 e. The van der Waals surface area contributed by atoms with Gasteiger partial charge in [-0.05, 0) is 50.3 Å². The molecule has 5 nitrogen and oxygen atoms in total. The van der Waals surface area contributed by atoms with E-state index in [0.29, 0.717) is 17.8 Å². The standard InChI is InChI=1S/C26H39FN4O/c1-2-3-4-5-6-7-8-9-10-11-12-13-14-15-16-17-25(32)30-24-19-18-22(20-23(24)27)26-28-21-29-31-26/h9-10,18-21H,2-8,11-17H2,1H3,(H,30,32)(H,28,29,31)/b10-9-. The number of hydrogen-bond acceptors (Lipinski definition) is 3. The van der Waals surface area contributed by atoms with Gasteiger partial charge in [0.2, 0.25) is 5.91 Å². The zero-order chi connectivity index (χ0) is 22.9. The van der Waals surface area contributed by atoms with Crippen LogP contribution in [0.15, 0.2) is 36.7 Å². The lowest BCUT2D eigenvalue weighted by Crippen LogP contribution is -2.12. The minimum absolute atomic E-state index is 0.144. The van der Waals surface area contributed by atoms with E-state index in [1.165, 1.54) is 70.2 Å². The second-order valence-electron chi connectivity index (χ2n) is 8.41. The number of unbranched alkanes of at least 4 members (excludes halogenated alkanes) is 11. The normalized spacial score (nSPS) is 11.3.